The molecule has 0 N–H and O–H groups in total. The molecule has 0 aromatic rings. The van der Waals surface area contributed by atoms with Gasteiger partial charge in [-0.15, -0.1) is 7.92 Å². The molecule has 1 rings (SSSR count). The minimum atomic E-state index is -0.480. The van der Waals surface area contributed by atoms with Crippen molar-refractivity contribution >= 4 is 7.92 Å². The molecule has 0 aliphatic heterocycles. The lowest BCUT2D eigenvalue weighted by Crippen LogP contribution is -2.18. The molecule has 0 radical (unpaired) electrons. The Hall–Kier alpha value is 0.360. The molecule has 1 unspecified atom stereocenters. The number of hydrogen-bond acceptors (Lipinski definition) is 0. The Kier molecular flexibility index (Phi) is 3.78. The van der Waals surface area contributed by atoms with Crippen LogP contribution < -0.4 is 0 Å². The zero-order valence-corrected chi connectivity index (χ0v) is 8.41. The summed E-state index contributed by atoms with van der Waals surface area (Å²) in [6, 6.07) is 0. The van der Waals surface area contributed by atoms with E-state index in [2.05, 4.69) is 13.6 Å². The van der Waals surface area contributed by atoms with Gasteiger partial charge in [-0.05, 0) is 44.2 Å². The minimum Gasteiger partial charge on any atom is -0.247 e. The molecule has 0 spiro atoms. The van der Waals surface area contributed by atoms with Crippen molar-refractivity contribution in [1.82, 2.24) is 0 Å². The van der Waals surface area contributed by atoms with Crippen LogP contribution in [0.1, 0.15) is 32.6 Å². The van der Waals surface area contributed by atoms with Crippen molar-refractivity contribution in [3.8, 4) is 0 Å². The molecule has 1 aliphatic rings. The van der Waals surface area contributed by atoms with Gasteiger partial charge in [-0.3, -0.25) is 0 Å². The zero-order chi connectivity index (χ0) is 8.27. The highest BCUT2D eigenvalue weighted by Crippen LogP contribution is 2.44. The molecule has 0 heterocycles. The molecule has 2 heteroatoms. The molecule has 1 atom stereocenters. The van der Waals surface area contributed by atoms with Crippen molar-refractivity contribution in [2.24, 2.45) is 0 Å². The topological polar surface area (TPSA) is 0 Å². The van der Waals surface area contributed by atoms with Gasteiger partial charge in [0.15, 0.2) is 0 Å². The van der Waals surface area contributed by atoms with E-state index in [0.717, 1.165) is 31.3 Å². The monoisotopic (exact) mass is 176 g/mol. The molecular formula is C9H18FP. The van der Waals surface area contributed by atoms with Gasteiger partial charge >= 0.3 is 0 Å². The van der Waals surface area contributed by atoms with E-state index in [0.29, 0.717) is 0 Å². The first-order valence-corrected chi connectivity index (χ1v) is 6.62. The molecule has 0 aromatic heterocycles. The van der Waals surface area contributed by atoms with Crippen LogP contribution in [0.15, 0.2) is 0 Å². The largest absolute Gasteiger partial charge is 0.247 e. The van der Waals surface area contributed by atoms with Gasteiger partial charge in [0.25, 0.3) is 0 Å². The third kappa shape index (κ3) is 2.71. The Morgan fingerprint density at radius 3 is 2.27 bits per heavy atom. The van der Waals surface area contributed by atoms with Crippen LogP contribution in [0.5, 0.6) is 0 Å². The van der Waals surface area contributed by atoms with Gasteiger partial charge in [0.1, 0.15) is 6.17 Å². The number of alkyl halides is 1. The summed E-state index contributed by atoms with van der Waals surface area (Å²) >= 11 is 0. The second kappa shape index (κ2) is 4.40. The fraction of sp³-hybridized carbons (Fsp3) is 1.00. The Morgan fingerprint density at radius 1 is 1.27 bits per heavy atom. The standard InChI is InChI=1S/C9H18FP/c1-3-11(2)9-6-4-8(10)5-7-9/h8-9H,3-7H2,1-2H3. The molecule has 1 aliphatic carbocycles. The fourth-order valence-corrected chi connectivity index (χ4v) is 3.43. The second-order valence-electron chi connectivity index (χ2n) is 3.48. The lowest BCUT2D eigenvalue weighted by atomic mass is 9.98. The summed E-state index contributed by atoms with van der Waals surface area (Å²) in [6.07, 6.45) is 4.80. The lowest BCUT2D eigenvalue weighted by Gasteiger charge is -2.28. The van der Waals surface area contributed by atoms with Crippen molar-refractivity contribution in [2.75, 3.05) is 12.8 Å². The smallest absolute Gasteiger partial charge is 0.100 e. The molecule has 0 aromatic carbocycles. The van der Waals surface area contributed by atoms with Crippen molar-refractivity contribution in [1.29, 1.82) is 0 Å². The van der Waals surface area contributed by atoms with Crippen LogP contribution in [0.2, 0.25) is 0 Å². The van der Waals surface area contributed by atoms with E-state index in [4.69, 9.17) is 0 Å². The van der Waals surface area contributed by atoms with Crippen LogP contribution in [0.3, 0.4) is 0 Å². The van der Waals surface area contributed by atoms with Gasteiger partial charge in [0.05, 0.1) is 0 Å². The maximum Gasteiger partial charge on any atom is 0.100 e. The molecule has 0 nitrogen and oxygen atoms in total. The summed E-state index contributed by atoms with van der Waals surface area (Å²) in [5, 5.41) is 0. The summed E-state index contributed by atoms with van der Waals surface area (Å²) in [4.78, 5) is 0. The normalized spacial score (nSPS) is 35.2. The first-order valence-electron chi connectivity index (χ1n) is 4.58. The van der Waals surface area contributed by atoms with Gasteiger partial charge in [0.2, 0.25) is 0 Å². The average molecular weight is 176 g/mol. The summed E-state index contributed by atoms with van der Waals surface area (Å²) in [7, 11) is 0.218. The van der Waals surface area contributed by atoms with Crippen LogP contribution in [-0.2, 0) is 0 Å². The highest BCUT2D eigenvalue weighted by Gasteiger charge is 2.23. The third-order valence-electron chi connectivity index (χ3n) is 2.75. The summed E-state index contributed by atoms with van der Waals surface area (Å²) in [5.41, 5.74) is 0.877. The van der Waals surface area contributed by atoms with Crippen LogP contribution in [0.4, 0.5) is 4.39 Å². The molecule has 0 amide bonds. The summed E-state index contributed by atoms with van der Waals surface area (Å²) in [6.45, 7) is 4.62. The molecule has 0 bridgehead atoms. The van der Waals surface area contributed by atoms with Crippen LogP contribution >= 0.6 is 7.92 Å². The lowest BCUT2D eigenvalue weighted by molar-refractivity contribution is 0.254. The second-order valence-corrected chi connectivity index (χ2v) is 6.36. The van der Waals surface area contributed by atoms with Crippen LogP contribution in [0, 0.1) is 0 Å². The molecule has 1 saturated carbocycles. The van der Waals surface area contributed by atoms with E-state index in [1.165, 1.54) is 6.16 Å². The van der Waals surface area contributed by atoms with Crippen molar-refractivity contribution < 1.29 is 4.39 Å². The Bertz CT molecular complexity index is 108. The van der Waals surface area contributed by atoms with Gasteiger partial charge in [-0.1, -0.05) is 6.92 Å². The van der Waals surface area contributed by atoms with Gasteiger partial charge in [-0.25, -0.2) is 4.39 Å². The highest BCUT2D eigenvalue weighted by molar-refractivity contribution is 7.57. The van der Waals surface area contributed by atoms with Gasteiger partial charge < -0.3 is 0 Å². The molecule has 1 fully saturated rings. The predicted molar refractivity (Wildman–Crippen MR) is 50.5 cm³/mol. The zero-order valence-electron chi connectivity index (χ0n) is 7.52. The van der Waals surface area contributed by atoms with E-state index in [-0.39, 0.29) is 7.92 Å². The Balaban J connectivity index is 2.27. The summed E-state index contributed by atoms with van der Waals surface area (Å²) in [5.74, 6) is 0. The fourth-order valence-electron chi connectivity index (χ4n) is 1.73. The van der Waals surface area contributed by atoms with Crippen LogP contribution in [0.25, 0.3) is 0 Å². The van der Waals surface area contributed by atoms with Crippen molar-refractivity contribution in [3.05, 3.63) is 0 Å². The average Bonchev–Trinajstić information content (AvgIpc) is 2.05. The maximum atomic E-state index is 12.7. The maximum absolute atomic E-state index is 12.7. The summed E-state index contributed by atoms with van der Waals surface area (Å²) < 4.78 is 12.7. The Labute approximate surface area is 70.3 Å². The van der Waals surface area contributed by atoms with E-state index >= 15 is 0 Å². The quantitative estimate of drug-likeness (QED) is 0.566. The third-order valence-corrected chi connectivity index (χ3v) is 5.51. The number of rotatable bonds is 2. The highest BCUT2D eigenvalue weighted by atomic mass is 31.1. The van der Waals surface area contributed by atoms with E-state index in [1.807, 2.05) is 0 Å². The Morgan fingerprint density at radius 2 is 1.82 bits per heavy atom. The van der Waals surface area contributed by atoms with E-state index < -0.39 is 6.17 Å². The van der Waals surface area contributed by atoms with Gasteiger partial charge in [-0.2, -0.15) is 0 Å². The number of halogens is 1. The SMILES string of the molecule is CCP(C)C1CCC(F)CC1. The van der Waals surface area contributed by atoms with Gasteiger partial charge in [0, 0.05) is 0 Å². The molecule has 11 heavy (non-hydrogen) atoms. The first-order chi connectivity index (χ1) is 5.24. The number of hydrogen-bond donors (Lipinski definition) is 0. The van der Waals surface area contributed by atoms with Crippen molar-refractivity contribution in [3.63, 3.8) is 0 Å². The minimum absolute atomic E-state index is 0.218. The molecule has 66 valence electrons. The van der Waals surface area contributed by atoms with E-state index in [1.54, 1.807) is 0 Å². The molecule has 0 saturated heterocycles. The van der Waals surface area contributed by atoms with E-state index in [9.17, 15) is 4.39 Å². The van der Waals surface area contributed by atoms with Crippen molar-refractivity contribution in [2.45, 2.75) is 44.4 Å². The predicted octanol–water partition coefficient (Wildman–Crippen LogP) is 3.40. The van der Waals surface area contributed by atoms with Crippen LogP contribution in [-0.4, -0.2) is 24.7 Å². The molecular weight excluding hydrogens is 158 g/mol. The first kappa shape index (κ1) is 9.45.